The first kappa shape index (κ1) is 18.6. The molecule has 2 rings (SSSR count). The average Bonchev–Trinajstić information content (AvgIpc) is 2.88. The van der Waals surface area contributed by atoms with Gasteiger partial charge in [-0.15, -0.1) is 35.3 Å². The molecule has 0 amide bonds. The van der Waals surface area contributed by atoms with Crippen molar-refractivity contribution in [2.45, 2.75) is 32.6 Å². The summed E-state index contributed by atoms with van der Waals surface area (Å²) in [6, 6.07) is 0. The SMILES string of the molecule is CC(C)(C)c1csc(CCN=C(N)N2CCOCC2)n1.I. The normalized spacial score (nSPS) is 16.7. The third kappa shape index (κ3) is 5.71. The van der Waals surface area contributed by atoms with E-state index in [0.717, 1.165) is 43.4 Å². The zero-order chi connectivity index (χ0) is 14.6. The quantitative estimate of drug-likeness (QED) is 0.459. The standard InChI is InChI=1S/C14H24N4OS.HI/c1-14(2,3)11-10-20-12(17-11)4-5-16-13(15)18-6-8-19-9-7-18;/h10H,4-9H2,1-3H3,(H2,15,16);1H. The molecule has 7 heteroatoms. The van der Waals surface area contributed by atoms with E-state index in [0.29, 0.717) is 12.5 Å². The van der Waals surface area contributed by atoms with E-state index in [1.54, 1.807) is 11.3 Å². The zero-order valence-electron chi connectivity index (χ0n) is 13.0. The van der Waals surface area contributed by atoms with Crippen LogP contribution in [0.5, 0.6) is 0 Å². The molecule has 0 spiro atoms. The van der Waals surface area contributed by atoms with Gasteiger partial charge in [-0.2, -0.15) is 0 Å². The average molecular weight is 424 g/mol. The number of nitrogens with two attached hydrogens (primary N) is 1. The van der Waals surface area contributed by atoms with E-state index in [4.69, 9.17) is 10.5 Å². The van der Waals surface area contributed by atoms with E-state index in [9.17, 15) is 0 Å². The molecule has 1 saturated heterocycles. The number of aliphatic imine (C=N–C) groups is 1. The van der Waals surface area contributed by atoms with Crippen LogP contribution in [0.2, 0.25) is 0 Å². The number of rotatable bonds is 3. The number of aromatic nitrogens is 1. The van der Waals surface area contributed by atoms with Crippen LogP contribution in [0.25, 0.3) is 0 Å². The summed E-state index contributed by atoms with van der Waals surface area (Å²) < 4.78 is 5.30. The molecule has 0 radical (unpaired) electrons. The highest BCUT2D eigenvalue weighted by atomic mass is 127. The lowest BCUT2D eigenvalue weighted by Crippen LogP contribution is -2.44. The number of guanidine groups is 1. The monoisotopic (exact) mass is 424 g/mol. The molecule has 0 aromatic carbocycles. The summed E-state index contributed by atoms with van der Waals surface area (Å²) in [6.07, 6.45) is 0.853. The summed E-state index contributed by atoms with van der Waals surface area (Å²) >= 11 is 1.71. The fourth-order valence-corrected chi connectivity index (χ4v) is 2.94. The topological polar surface area (TPSA) is 63.7 Å². The van der Waals surface area contributed by atoms with Crippen LogP contribution in [-0.4, -0.2) is 48.7 Å². The van der Waals surface area contributed by atoms with Crippen molar-refractivity contribution >= 4 is 41.3 Å². The van der Waals surface area contributed by atoms with E-state index < -0.39 is 0 Å². The molecule has 2 N–H and O–H groups in total. The maximum absolute atomic E-state index is 5.99. The summed E-state index contributed by atoms with van der Waals surface area (Å²) in [5.74, 6) is 0.626. The summed E-state index contributed by atoms with van der Waals surface area (Å²) in [5, 5.41) is 3.28. The number of ether oxygens (including phenoxy) is 1. The molecule has 0 saturated carbocycles. The van der Waals surface area contributed by atoms with Crippen molar-refractivity contribution in [3.63, 3.8) is 0 Å². The molecule has 5 nitrogen and oxygen atoms in total. The Hall–Kier alpha value is -0.410. The van der Waals surface area contributed by atoms with Gasteiger partial charge in [-0.25, -0.2) is 4.98 Å². The summed E-state index contributed by atoms with van der Waals surface area (Å²) in [6.45, 7) is 10.4. The van der Waals surface area contributed by atoms with Crippen molar-refractivity contribution < 1.29 is 4.74 Å². The number of halogens is 1. The predicted octanol–water partition coefficient (Wildman–Crippen LogP) is 2.25. The Labute approximate surface area is 148 Å². The summed E-state index contributed by atoms with van der Waals surface area (Å²) in [4.78, 5) is 11.2. The van der Waals surface area contributed by atoms with E-state index in [2.05, 4.69) is 41.0 Å². The highest BCUT2D eigenvalue weighted by Crippen LogP contribution is 2.23. The van der Waals surface area contributed by atoms with Crippen molar-refractivity contribution in [1.29, 1.82) is 0 Å². The highest BCUT2D eigenvalue weighted by molar-refractivity contribution is 14.0. The Bertz CT molecular complexity index is 464. The molecule has 1 aliphatic heterocycles. The van der Waals surface area contributed by atoms with Crippen molar-refractivity contribution in [3.05, 3.63) is 16.1 Å². The second kappa shape index (κ2) is 8.28. The Morgan fingerprint density at radius 2 is 2.10 bits per heavy atom. The molecule has 0 atom stereocenters. The second-order valence-corrected chi connectivity index (χ2v) is 6.91. The van der Waals surface area contributed by atoms with Crippen LogP contribution in [0.4, 0.5) is 0 Å². The Morgan fingerprint density at radius 3 is 2.67 bits per heavy atom. The molecule has 21 heavy (non-hydrogen) atoms. The lowest BCUT2D eigenvalue weighted by Gasteiger charge is -2.27. The first-order chi connectivity index (χ1) is 9.47. The fourth-order valence-electron chi connectivity index (χ4n) is 1.93. The van der Waals surface area contributed by atoms with Gasteiger partial charge < -0.3 is 15.4 Å². The number of morpholine rings is 1. The van der Waals surface area contributed by atoms with Crippen molar-refractivity contribution in [2.24, 2.45) is 10.7 Å². The number of hydrogen-bond acceptors (Lipinski definition) is 4. The van der Waals surface area contributed by atoms with E-state index in [-0.39, 0.29) is 29.4 Å². The summed E-state index contributed by atoms with van der Waals surface area (Å²) in [5.41, 5.74) is 7.26. The molecule has 1 aromatic rings. The van der Waals surface area contributed by atoms with Crippen LogP contribution in [0, 0.1) is 0 Å². The van der Waals surface area contributed by atoms with Crippen LogP contribution >= 0.6 is 35.3 Å². The summed E-state index contributed by atoms with van der Waals surface area (Å²) in [7, 11) is 0. The van der Waals surface area contributed by atoms with Crippen LogP contribution < -0.4 is 5.73 Å². The molecule has 0 aliphatic carbocycles. The number of thiazole rings is 1. The minimum absolute atomic E-state index is 0. The number of nitrogens with zero attached hydrogens (tertiary/aromatic N) is 3. The van der Waals surface area contributed by atoms with Crippen LogP contribution in [-0.2, 0) is 16.6 Å². The molecule has 1 aliphatic rings. The van der Waals surface area contributed by atoms with Gasteiger partial charge >= 0.3 is 0 Å². The van der Waals surface area contributed by atoms with Gasteiger partial charge in [0.2, 0.25) is 0 Å². The lowest BCUT2D eigenvalue weighted by molar-refractivity contribution is 0.0674. The molecule has 120 valence electrons. The Morgan fingerprint density at radius 1 is 1.43 bits per heavy atom. The Kier molecular flexibility index (Phi) is 7.35. The maximum atomic E-state index is 5.99. The predicted molar refractivity (Wildman–Crippen MR) is 98.8 cm³/mol. The molecule has 2 heterocycles. The van der Waals surface area contributed by atoms with E-state index in [1.807, 2.05) is 0 Å². The highest BCUT2D eigenvalue weighted by Gasteiger charge is 2.17. The van der Waals surface area contributed by atoms with E-state index >= 15 is 0 Å². The molecule has 0 bridgehead atoms. The van der Waals surface area contributed by atoms with Crippen molar-refractivity contribution in [1.82, 2.24) is 9.88 Å². The Balaban J connectivity index is 0.00000220. The zero-order valence-corrected chi connectivity index (χ0v) is 16.1. The van der Waals surface area contributed by atoms with Crippen LogP contribution in [0.1, 0.15) is 31.5 Å². The van der Waals surface area contributed by atoms with Gasteiger partial charge in [0.05, 0.1) is 23.9 Å². The lowest BCUT2D eigenvalue weighted by atomic mass is 9.93. The van der Waals surface area contributed by atoms with Crippen molar-refractivity contribution in [3.8, 4) is 0 Å². The van der Waals surface area contributed by atoms with E-state index in [1.165, 1.54) is 0 Å². The van der Waals surface area contributed by atoms with Gasteiger partial charge in [0.1, 0.15) is 0 Å². The maximum Gasteiger partial charge on any atom is 0.191 e. The largest absolute Gasteiger partial charge is 0.378 e. The number of hydrogen-bond donors (Lipinski definition) is 1. The molecule has 1 fully saturated rings. The molecular weight excluding hydrogens is 399 g/mol. The van der Waals surface area contributed by atoms with Gasteiger partial charge in [0.15, 0.2) is 5.96 Å². The first-order valence-corrected chi connectivity index (χ1v) is 7.92. The minimum Gasteiger partial charge on any atom is -0.378 e. The van der Waals surface area contributed by atoms with Gasteiger partial charge in [0.25, 0.3) is 0 Å². The molecular formula is C14H25IN4OS. The minimum atomic E-state index is 0. The third-order valence-electron chi connectivity index (χ3n) is 3.25. The first-order valence-electron chi connectivity index (χ1n) is 7.04. The van der Waals surface area contributed by atoms with Gasteiger partial charge in [-0.3, -0.25) is 4.99 Å². The van der Waals surface area contributed by atoms with Gasteiger partial charge in [-0.05, 0) is 0 Å². The second-order valence-electron chi connectivity index (χ2n) is 5.97. The smallest absolute Gasteiger partial charge is 0.191 e. The van der Waals surface area contributed by atoms with Gasteiger partial charge in [0, 0.05) is 36.9 Å². The van der Waals surface area contributed by atoms with Crippen molar-refractivity contribution in [2.75, 3.05) is 32.8 Å². The third-order valence-corrected chi connectivity index (χ3v) is 4.16. The van der Waals surface area contributed by atoms with Gasteiger partial charge in [-0.1, -0.05) is 20.8 Å². The molecule has 0 unspecified atom stereocenters. The fraction of sp³-hybridized carbons (Fsp3) is 0.714. The molecule has 1 aromatic heterocycles. The van der Waals surface area contributed by atoms with Crippen LogP contribution in [0.15, 0.2) is 10.4 Å². The van der Waals surface area contributed by atoms with Crippen LogP contribution in [0.3, 0.4) is 0 Å².